The number of rotatable bonds is 3. The van der Waals surface area contributed by atoms with Gasteiger partial charge in [-0.2, -0.15) is 0 Å². The lowest BCUT2D eigenvalue weighted by Crippen LogP contribution is -2.04. The summed E-state index contributed by atoms with van der Waals surface area (Å²) in [6.45, 7) is 4.84. The third-order valence-electron chi connectivity index (χ3n) is 2.92. The van der Waals surface area contributed by atoms with E-state index in [4.69, 9.17) is 5.73 Å². The summed E-state index contributed by atoms with van der Waals surface area (Å²) in [7, 11) is 0. The summed E-state index contributed by atoms with van der Waals surface area (Å²) in [5.74, 6) is 0. The van der Waals surface area contributed by atoms with E-state index in [0.717, 1.165) is 28.1 Å². The number of nitrogens with one attached hydrogen (secondary N) is 1. The van der Waals surface area contributed by atoms with Crippen molar-refractivity contribution in [2.45, 2.75) is 20.3 Å². The van der Waals surface area contributed by atoms with Crippen molar-refractivity contribution >= 4 is 15.9 Å². The highest BCUT2D eigenvalue weighted by molar-refractivity contribution is 9.10. The number of halogens is 1. The smallest absolute Gasteiger partial charge is 0.175 e. The number of benzene rings is 1. The number of imidazole rings is 1. The van der Waals surface area contributed by atoms with E-state index in [1.807, 2.05) is 0 Å². The summed E-state index contributed by atoms with van der Waals surface area (Å²) in [5, 5.41) is 0. The number of aromatic nitrogens is 2. The fourth-order valence-corrected chi connectivity index (χ4v) is 2.25. The van der Waals surface area contributed by atoms with E-state index in [9.17, 15) is 0 Å². The first-order valence-corrected chi connectivity index (χ1v) is 6.43. The maximum atomic E-state index is 5.61. The highest BCUT2D eigenvalue weighted by Gasteiger charge is 2.10. The van der Waals surface area contributed by atoms with Gasteiger partial charge in [-0.05, 0) is 53.5 Å². The van der Waals surface area contributed by atoms with Crippen molar-refractivity contribution in [3.8, 4) is 11.3 Å². The van der Waals surface area contributed by atoms with Crippen LogP contribution in [0.3, 0.4) is 0 Å². The summed E-state index contributed by atoms with van der Waals surface area (Å²) >= 11 is 3.38. The van der Waals surface area contributed by atoms with Gasteiger partial charge < -0.3 is 10.7 Å². The first-order valence-electron chi connectivity index (χ1n) is 5.64. The zero-order valence-corrected chi connectivity index (χ0v) is 11.6. The molecule has 0 spiro atoms. The Labute approximate surface area is 110 Å². The van der Waals surface area contributed by atoms with Crippen molar-refractivity contribution in [3.05, 3.63) is 39.8 Å². The number of hydrogen-bond donors (Lipinski definition) is 2. The van der Waals surface area contributed by atoms with Crippen molar-refractivity contribution in [1.29, 1.82) is 0 Å². The standard InChI is InChI=1S/C13H16BrN3/c1-8-3-4-10(7-9(8)2)12-11(5-6-15)16-13(14)17-12/h3-4,7H,5-6,15H2,1-2H3,(H,16,17). The van der Waals surface area contributed by atoms with Crippen molar-refractivity contribution < 1.29 is 0 Å². The maximum Gasteiger partial charge on any atom is 0.175 e. The van der Waals surface area contributed by atoms with E-state index in [1.165, 1.54) is 11.1 Å². The Morgan fingerprint density at radius 1 is 1.29 bits per heavy atom. The number of H-pyrrole nitrogens is 1. The van der Waals surface area contributed by atoms with E-state index in [-0.39, 0.29) is 0 Å². The average Bonchev–Trinajstić information content (AvgIpc) is 2.64. The molecule has 0 aliphatic carbocycles. The fourth-order valence-electron chi connectivity index (χ4n) is 1.83. The molecule has 0 atom stereocenters. The predicted molar refractivity (Wildman–Crippen MR) is 74.0 cm³/mol. The van der Waals surface area contributed by atoms with Gasteiger partial charge in [0, 0.05) is 17.7 Å². The SMILES string of the molecule is Cc1ccc(-c2nc(Br)[nH]c2CCN)cc1C. The molecule has 1 heterocycles. The zero-order chi connectivity index (χ0) is 12.4. The van der Waals surface area contributed by atoms with Crippen molar-refractivity contribution in [2.24, 2.45) is 5.73 Å². The molecular formula is C13H16BrN3. The number of nitrogens with two attached hydrogens (primary N) is 1. The lowest BCUT2D eigenvalue weighted by Gasteiger charge is -2.05. The number of aryl methyl sites for hydroxylation is 2. The molecule has 0 aliphatic rings. The average molecular weight is 294 g/mol. The Bertz CT molecular complexity index is 531. The minimum Gasteiger partial charge on any atom is -0.336 e. The Morgan fingerprint density at radius 2 is 2.06 bits per heavy atom. The molecular weight excluding hydrogens is 278 g/mol. The minimum absolute atomic E-state index is 0.618. The van der Waals surface area contributed by atoms with Gasteiger partial charge in [0.25, 0.3) is 0 Å². The van der Waals surface area contributed by atoms with Crippen LogP contribution in [0.5, 0.6) is 0 Å². The van der Waals surface area contributed by atoms with Crippen LogP contribution in [0.15, 0.2) is 22.9 Å². The molecule has 0 saturated heterocycles. The van der Waals surface area contributed by atoms with E-state index >= 15 is 0 Å². The molecule has 0 aliphatic heterocycles. The maximum absolute atomic E-state index is 5.61. The molecule has 0 amide bonds. The molecule has 3 N–H and O–H groups in total. The molecule has 1 aromatic heterocycles. The first kappa shape index (κ1) is 12.3. The molecule has 0 radical (unpaired) electrons. The van der Waals surface area contributed by atoms with Crippen molar-refractivity contribution in [1.82, 2.24) is 9.97 Å². The van der Waals surface area contributed by atoms with Gasteiger partial charge in [-0.3, -0.25) is 0 Å². The van der Waals surface area contributed by atoms with Gasteiger partial charge in [-0.1, -0.05) is 12.1 Å². The van der Waals surface area contributed by atoms with E-state index in [2.05, 4.69) is 57.9 Å². The van der Waals surface area contributed by atoms with Crippen molar-refractivity contribution in [2.75, 3.05) is 6.54 Å². The van der Waals surface area contributed by atoms with Gasteiger partial charge in [-0.25, -0.2) is 4.98 Å². The third kappa shape index (κ3) is 2.58. The van der Waals surface area contributed by atoms with Gasteiger partial charge >= 0.3 is 0 Å². The third-order valence-corrected chi connectivity index (χ3v) is 3.30. The predicted octanol–water partition coefficient (Wildman–Crippen LogP) is 2.96. The Morgan fingerprint density at radius 3 is 2.71 bits per heavy atom. The monoisotopic (exact) mass is 293 g/mol. The minimum atomic E-state index is 0.618. The van der Waals surface area contributed by atoms with Crippen LogP contribution in [0.25, 0.3) is 11.3 Å². The normalized spacial score (nSPS) is 10.8. The summed E-state index contributed by atoms with van der Waals surface area (Å²) < 4.78 is 0.758. The number of nitrogens with zero attached hydrogens (tertiary/aromatic N) is 1. The molecule has 3 nitrogen and oxygen atoms in total. The van der Waals surface area contributed by atoms with Gasteiger partial charge in [0.2, 0.25) is 0 Å². The second-order valence-electron chi connectivity index (χ2n) is 4.19. The topological polar surface area (TPSA) is 54.7 Å². The Hall–Kier alpha value is -1.13. The molecule has 0 bridgehead atoms. The summed E-state index contributed by atoms with van der Waals surface area (Å²) in [6.07, 6.45) is 0.806. The molecule has 0 fully saturated rings. The molecule has 0 saturated carbocycles. The lowest BCUT2D eigenvalue weighted by molar-refractivity contribution is 0.934. The van der Waals surface area contributed by atoms with Crippen LogP contribution in [0.2, 0.25) is 0 Å². The van der Waals surface area contributed by atoms with E-state index < -0.39 is 0 Å². The summed E-state index contributed by atoms with van der Waals surface area (Å²) in [4.78, 5) is 7.68. The highest BCUT2D eigenvalue weighted by atomic mass is 79.9. The van der Waals surface area contributed by atoms with Gasteiger partial charge in [-0.15, -0.1) is 0 Å². The molecule has 4 heteroatoms. The largest absolute Gasteiger partial charge is 0.336 e. The summed E-state index contributed by atoms with van der Waals surface area (Å²) in [5.41, 5.74) is 11.4. The van der Waals surface area contributed by atoms with Gasteiger partial charge in [0.15, 0.2) is 4.73 Å². The Kier molecular flexibility index (Phi) is 3.64. The van der Waals surface area contributed by atoms with Gasteiger partial charge in [0.05, 0.1) is 5.69 Å². The fraction of sp³-hybridized carbons (Fsp3) is 0.308. The number of aromatic amines is 1. The second-order valence-corrected chi connectivity index (χ2v) is 4.94. The van der Waals surface area contributed by atoms with Gasteiger partial charge in [0.1, 0.15) is 0 Å². The van der Waals surface area contributed by atoms with E-state index in [0.29, 0.717) is 6.54 Å². The van der Waals surface area contributed by atoms with Crippen LogP contribution < -0.4 is 5.73 Å². The number of hydrogen-bond acceptors (Lipinski definition) is 2. The van der Waals surface area contributed by atoms with Crippen molar-refractivity contribution in [3.63, 3.8) is 0 Å². The quantitative estimate of drug-likeness (QED) is 0.914. The molecule has 17 heavy (non-hydrogen) atoms. The second kappa shape index (κ2) is 5.02. The van der Waals surface area contributed by atoms with E-state index in [1.54, 1.807) is 0 Å². The van der Waals surface area contributed by atoms with Crippen LogP contribution in [0.4, 0.5) is 0 Å². The molecule has 0 unspecified atom stereocenters. The molecule has 90 valence electrons. The molecule has 2 rings (SSSR count). The van der Waals surface area contributed by atoms with Crippen LogP contribution in [0, 0.1) is 13.8 Å². The highest BCUT2D eigenvalue weighted by Crippen LogP contribution is 2.25. The van der Waals surface area contributed by atoms with Crippen LogP contribution in [-0.4, -0.2) is 16.5 Å². The molecule has 1 aromatic carbocycles. The van der Waals surface area contributed by atoms with Crippen LogP contribution >= 0.6 is 15.9 Å². The van der Waals surface area contributed by atoms with Crippen LogP contribution in [0.1, 0.15) is 16.8 Å². The molecule has 2 aromatic rings. The van der Waals surface area contributed by atoms with Crippen LogP contribution in [-0.2, 0) is 6.42 Å². The Balaban J connectivity index is 2.47. The first-order chi connectivity index (χ1) is 8.11. The summed E-state index contributed by atoms with van der Waals surface area (Å²) in [6, 6.07) is 6.39. The zero-order valence-electron chi connectivity index (χ0n) is 10.0. The lowest BCUT2D eigenvalue weighted by atomic mass is 10.0.